The average Bonchev–Trinajstić information content (AvgIpc) is 2.61. The molecule has 0 radical (unpaired) electrons. The molecule has 1 saturated heterocycles. The minimum absolute atomic E-state index is 0.0806. The Morgan fingerprint density at radius 2 is 1.36 bits per heavy atom. The molecular weight excluding hydrogens is 438 g/mol. The first-order valence-corrected chi connectivity index (χ1v) is 13.6. The summed E-state index contributed by atoms with van der Waals surface area (Å²) in [5, 5.41) is 0. The molecule has 6 heteroatoms. The average molecular weight is 478 g/mol. The molecule has 4 atom stereocenters. The molecule has 1 saturated carbocycles. The Labute approximate surface area is 187 Å². The van der Waals surface area contributed by atoms with E-state index in [2.05, 4.69) is 46.6 Å². The van der Waals surface area contributed by atoms with Crippen LogP contribution < -0.4 is 0 Å². The molecule has 0 bridgehead atoms. The van der Waals surface area contributed by atoms with Crippen LogP contribution in [0.5, 0.6) is 0 Å². The summed E-state index contributed by atoms with van der Waals surface area (Å²) in [6, 6.07) is 0.877. The van der Waals surface area contributed by atoms with E-state index in [4.69, 9.17) is 25.3 Å². The molecule has 0 aromatic rings. The van der Waals surface area contributed by atoms with Gasteiger partial charge in [0, 0.05) is 11.8 Å². The molecule has 1 aliphatic heterocycles. The van der Waals surface area contributed by atoms with Crippen LogP contribution in [0.2, 0.25) is 0 Å². The van der Waals surface area contributed by atoms with Crippen LogP contribution in [0.25, 0.3) is 0 Å². The number of nitrogens with zero attached hydrogens (tertiary/aromatic N) is 2. The van der Waals surface area contributed by atoms with Crippen molar-refractivity contribution in [2.75, 3.05) is 7.05 Å². The number of carbonyl (C=O) groups excluding carboxylic acids is 1. The predicted octanol–water partition coefficient (Wildman–Crippen LogP) is 6.36. The van der Waals surface area contributed by atoms with E-state index >= 15 is 0 Å². The molecule has 2 fully saturated rings. The van der Waals surface area contributed by atoms with Gasteiger partial charge < -0.3 is 0 Å². The molecule has 0 aromatic heterocycles. The van der Waals surface area contributed by atoms with E-state index in [9.17, 15) is 4.79 Å². The topological polar surface area (TPSA) is 32.7 Å². The zero-order chi connectivity index (χ0) is 21.4. The van der Waals surface area contributed by atoms with Crippen molar-refractivity contribution in [1.29, 1.82) is 0 Å². The first kappa shape index (κ1) is 26.4. The SMILES string of the molecule is CC(=O)C1CCCC(C(C)=NC2C(C(C)C)CCCC2C(C)C)N1C.[Cl][Co][Cl]. The summed E-state index contributed by atoms with van der Waals surface area (Å²) in [7, 11) is 11.6. The van der Waals surface area contributed by atoms with Crippen molar-refractivity contribution >= 4 is 31.8 Å². The van der Waals surface area contributed by atoms with E-state index < -0.39 is 0 Å². The number of piperidine rings is 1. The number of ketones is 1. The Morgan fingerprint density at radius 1 is 0.929 bits per heavy atom. The fourth-order valence-corrected chi connectivity index (χ4v) is 5.34. The molecule has 0 amide bonds. The monoisotopic (exact) mass is 477 g/mol. The number of halogens is 2. The van der Waals surface area contributed by atoms with Crippen LogP contribution in [0, 0.1) is 23.7 Å². The Hall–Kier alpha value is 0.386. The predicted molar refractivity (Wildman–Crippen MR) is 119 cm³/mol. The minimum atomic E-state index is 0.0806. The van der Waals surface area contributed by atoms with Gasteiger partial charge in [-0.3, -0.25) is 14.7 Å². The van der Waals surface area contributed by atoms with E-state index in [0.29, 0.717) is 54.4 Å². The van der Waals surface area contributed by atoms with E-state index in [1.54, 1.807) is 6.92 Å². The summed E-state index contributed by atoms with van der Waals surface area (Å²) < 4.78 is 0. The van der Waals surface area contributed by atoms with Crippen LogP contribution in [0.1, 0.15) is 80.1 Å². The molecule has 3 nitrogen and oxygen atoms in total. The molecule has 0 spiro atoms. The molecule has 4 unspecified atom stereocenters. The third kappa shape index (κ3) is 7.26. The summed E-state index contributed by atoms with van der Waals surface area (Å²) in [6.07, 6.45) is 7.27. The van der Waals surface area contributed by atoms with Crippen molar-refractivity contribution in [3.8, 4) is 0 Å². The van der Waals surface area contributed by atoms with Crippen LogP contribution in [-0.2, 0) is 17.7 Å². The van der Waals surface area contributed by atoms with E-state index in [0.717, 1.165) is 19.3 Å². The molecule has 0 N–H and O–H groups in total. The van der Waals surface area contributed by atoms with Crippen molar-refractivity contribution in [2.24, 2.45) is 28.7 Å². The Bertz CT molecular complexity index is 497. The van der Waals surface area contributed by atoms with Crippen molar-refractivity contribution in [1.82, 2.24) is 4.90 Å². The zero-order valence-corrected chi connectivity index (χ0v) is 21.2. The number of rotatable bonds is 5. The Morgan fingerprint density at radius 3 is 1.79 bits per heavy atom. The van der Waals surface area contributed by atoms with Gasteiger partial charge in [0.2, 0.25) is 0 Å². The third-order valence-corrected chi connectivity index (χ3v) is 6.91. The van der Waals surface area contributed by atoms with Crippen LogP contribution in [0.15, 0.2) is 4.99 Å². The maximum absolute atomic E-state index is 12.0. The fraction of sp³-hybridized carbons (Fsp3) is 0.909. The quantitative estimate of drug-likeness (QED) is 0.431. The van der Waals surface area contributed by atoms with Gasteiger partial charge in [-0.1, -0.05) is 34.1 Å². The van der Waals surface area contributed by atoms with Gasteiger partial charge in [0.25, 0.3) is 0 Å². The van der Waals surface area contributed by atoms with Crippen molar-refractivity contribution < 1.29 is 17.7 Å². The fourth-order valence-electron chi connectivity index (χ4n) is 5.34. The standard InChI is InChI=1S/C22H40N2O.2ClH.Co/c1-14(2)18-10-8-11-19(15(3)4)22(18)23-16(5)20-12-9-13-21(17(6)25)24(20)7;;;/h14-15,18-22H,8-13H2,1-7H3;2*1H;/q;;;+2/p-2. The summed E-state index contributed by atoms with van der Waals surface area (Å²) in [4.78, 5) is 19.6. The van der Waals surface area contributed by atoms with Crippen molar-refractivity contribution in [2.45, 2.75) is 98.2 Å². The van der Waals surface area contributed by atoms with Gasteiger partial charge in [-0.15, -0.1) is 0 Å². The van der Waals surface area contributed by atoms with E-state index in [1.807, 2.05) is 0 Å². The second kappa shape index (κ2) is 12.9. The molecular formula is C22H40Cl2CoN2O. The first-order chi connectivity index (χ1) is 13.1. The zero-order valence-electron chi connectivity index (χ0n) is 18.7. The molecule has 2 rings (SSSR count). The van der Waals surface area contributed by atoms with Crippen LogP contribution in [0.4, 0.5) is 0 Å². The van der Waals surface area contributed by atoms with Crippen LogP contribution in [-0.4, -0.2) is 41.6 Å². The molecule has 28 heavy (non-hydrogen) atoms. The third-order valence-electron chi connectivity index (χ3n) is 6.91. The summed E-state index contributed by atoms with van der Waals surface area (Å²) in [6.45, 7) is 13.4. The molecule has 1 heterocycles. The van der Waals surface area contributed by atoms with Gasteiger partial charge in [0.15, 0.2) is 0 Å². The Kier molecular flexibility index (Phi) is 12.2. The first-order valence-electron chi connectivity index (χ1n) is 10.8. The van der Waals surface area contributed by atoms with Gasteiger partial charge >= 0.3 is 33.2 Å². The number of carbonyl (C=O) groups is 1. The van der Waals surface area contributed by atoms with Gasteiger partial charge in [-0.2, -0.15) is 0 Å². The van der Waals surface area contributed by atoms with Crippen LogP contribution in [0.3, 0.4) is 0 Å². The van der Waals surface area contributed by atoms with Gasteiger partial charge in [0.1, 0.15) is 5.78 Å². The second-order valence-corrected chi connectivity index (χ2v) is 11.0. The normalized spacial score (nSPS) is 32.4. The van der Waals surface area contributed by atoms with Gasteiger partial charge in [0.05, 0.1) is 12.1 Å². The molecule has 1 aliphatic carbocycles. The maximum atomic E-state index is 12.0. The van der Waals surface area contributed by atoms with Gasteiger partial charge in [-0.25, -0.2) is 0 Å². The van der Waals surface area contributed by atoms with E-state index in [-0.39, 0.29) is 6.04 Å². The van der Waals surface area contributed by atoms with Crippen molar-refractivity contribution in [3.63, 3.8) is 0 Å². The number of hydrogen-bond donors (Lipinski definition) is 0. The number of likely N-dealkylation sites (N-methyl/N-ethyl adjacent to an activating group) is 1. The van der Waals surface area contributed by atoms with Crippen molar-refractivity contribution in [3.05, 3.63) is 0 Å². The number of likely N-dealkylation sites (tertiary alicyclic amines) is 1. The van der Waals surface area contributed by atoms with E-state index in [1.165, 1.54) is 25.0 Å². The molecule has 2 aliphatic rings. The second-order valence-electron chi connectivity index (χ2n) is 9.29. The van der Waals surface area contributed by atoms with Crippen LogP contribution >= 0.6 is 20.3 Å². The molecule has 167 valence electrons. The summed E-state index contributed by atoms with van der Waals surface area (Å²) in [5.41, 5.74) is 1.26. The number of Topliss-reactive ketones (excluding diaryl/α,β-unsaturated/α-hetero) is 1. The number of hydrogen-bond acceptors (Lipinski definition) is 3. The molecule has 0 aromatic carbocycles. The Balaban J connectivity index is 0.00000122. The summed E-state index contributed by atoms with van der Waals surface area (Å²) >= 11 is 0.382. The summed E-state index contributed by atoms with van der Waals surface area (Å²) in [5.74, 6) is 3.09. The van der Waals surface area contributed by atoms with Gasteiger partial charge in [-0.05, 0) is 76.7 Å². The number of aliphatic imine (C=N–C) groups is 1.